The number of hydrogen-bond acceptors (Lipinski definition) is 6. The molecule has 32 heavy (non-hydrogen) atoms. The van der Waals surface area contributed by atoms with Crippen LogP contribution in [0.2, 0.25) is 0 Å². The molecule has 3 aromatic heterocycles. The molecule has 2 fully saturated rings. The van der Waals surface area contributed by atoms with Crippen molar-refractivity contribution in [2.75, 3.05) is 37.6 Å². The lowest BCUT2D eigenvalue weighted by atomic mass is 10.1. The fraction of sp³-hybridized carbons (Fsp3) is 0.609. The lowest BCUT2D eigenvalue weighted by Crippen LogP contribution is -2.27. The monoisotopic (exact) mass is 460 g/mol. The molecule has 5 heterocycles. The number of rotatable bonds is 5. The highest BCUT2D eigenvalue weighted by molar-refractivity contribution is 7.15. The molecule has 0 spiro atoms. The Hall–Kier alpha value is -2.13. The molecule has 0 bridgehead atoms. The maximum absolute atomic E-state index is 12.7. The van der Waals surface area contributed by atoms with Crippen LogP contribution in [0, 0.1) is 0 Å². The molecule has 0 saturated carbocycles. The summed E-state index contributed by atoms with van der Waals surface area (Å²) in [6, 6.07) is 4.26. The minimum absolute atomic E-state index is 0.148. The van der Waals surface area contributed by atoms with E-state index in [1.54, 1.807) is 11.3 Å². The number of aromatic nitrogens is 4. The molecule has 2 saturated heterocycles. The molecule has 1 atom stereocenters. The highest BCUT2D eigenvalue weighted by Gasteiger charge is 2.28. The number of pyridine rings is 1. The van der Waals surface area contributed by atoms with Gasteiger partial charge in [0, 0.05) is 44.2 Å². The minimum Gasteiger partial charge on any atom is -0.357 e. The van der Waals surface area contributed by atoms with Crippen molar-refractivity contribution in [2.24, 2.45) is 7.05 Å². The maximum Gasteiger partial charge on any atom is 0.251 e. The second kappa shape index (κ2) is 9.39. The van der Waals surface area contributed by atoms with E-state index in [-0.39, 0.29) is 12.5 Å². The summed E-state index contributed by atoms with van der Waals surface area (Å²) in [6.45, 7) is 3.34. The van der Waals surface area contributed by atoms with Crippen molar-refractivity contribution in [1.29, 1.82) is 0 Å². The van der Waals surface area contributed by atoms with Crippen molar-refractivity contribution >= 4 is 28.2 Å². The van der Waals surface area contributed by atoms with Gasteiger partial charge in [0.1, 0.15) is 11.5 Å². The van der Waals surface area contributed by atoms with Crippen LogP contribution in [-0.2, 0) is 7.05 Å². The van der Waals surface area contributed by atoms with Gasteiger partial charge in [-0.25, -0.2) is 23.4 Å². The van der Waals surface area contributed by atoms with E-state index in [0.717, 1.165) is 51.9 Å². The number of halogens is 2. The van der Waals surface area contributed by atoms with Gasteiger partial charge >= 0.3 is 0 Å². The van der Waals surface area contributed by atoms with Crippen LogP contribution in [0.5, 0.6) is 0 Å². The average Bonchev–Trinajstić information content (AvgIpc) is 3.46. The zero-order valence-corrected chi connectivity index (χ0v) is 19.3. The molecular weight excluding hydrogens is 430 g/mol. The molecule has 1 unspecified atom stereocenters. The summed E-state index contributed by atoms with van der Waals surface area (Å²) < 4.78 is 27.3. The van der Waals surface area contributed by atoms with Crippen molar-refractivity contribution in [1.82, 2.24) is 24.6 Å². The van der Waals surface area contributed by atoms with Crippen molar-refractivity contribution in [3.8, 4) is 10.6 Å². The Kier molecular flexibility index (Phi) is 6.37. The van der Waals surface area contributed by atoms with Crippen LogP contribution < -0.4 is 4.90 Å². The van der Waals surface area contributed by atoms with E-state index >= 15 is 0 Å². The molecule has 2 aliphatic heterocycles. The van der Waals surface area contributed by atoms with Crippen molar-refractivity contribution in [3.05, 3.63) is 23.3 Å². The van der Waals surface area contributed by atoms with Gasteiger partial charge in [-0.1, -0.05) is 19.3 Å². The second-order valence-corrected chi connectivity index (χ2v) is 10.0. The van der Waals surface area contributed by atoms with Crippen molar-refractivity contribution in [3.63, 3.8) is 0 Å². The van der Waals surface area contributed by atoms with E-state index in [4.69, 9.17) is 10.1 Å². The third-order valence-electron chi connectivity index (χ3n) is 6.63. The van der Waals surface area contributed by atoms with E-state index in [2.05, 4.69) is 22.0 Å². The van der Waals surface area contributed by atoms with Gasteiger partial charge < -0.3 is 4.90 Å². The van der Waals surface area contributed by atoms with Gasteiger partial charge in [0.05, 0.1) is 16.4 Å². The standard InChI is InChI=1S/C23H30F2N6S/c1-29-22-17(7-8-20(27-22)31-10-5-3-2-4-6-11-31)21(28-29)18-13-26-23(32-18)16-9-12-30(14-16)15-19(24)25/h7-8,13,16,19H,2-6,9-12,14-15H2,1H3. The highest BCUT2D eigenvalue weighted by Crippen LogP contribution is 2.37. The van der Waals surface area contributed by atoms with Gasteiger partial charge in [-0.05, 0) is 37.9 Å². The normalized spacial score (nSPS) is 20.9. The van der Waals surface area contributed by atoms with E-state index in [1.807, 2.05) is 22.8 Å². The molecule has 0 N–H and O–H groups in total. The number of nitrogens with zero attached hydrogens (tertiary/aromatic N) is 6. The predicted octanol–water partition coefficient (Wildman–Crippen LogP) is 4.92. The van der Waals surface area contributed by atoms with E-state index in [9.17, 15) is 8.78 Å². The van der Waals surface area contributed by atoms with Gasteiger partial charge in [0.25, 0.3) is 6.43 Å². The number of hydrogen-bond donors (Lipinski definition) is 0. The molecule has 6 nitrogen and oxygen atoms in total. The summed E-state index contributed by atoms with van der Waals surface area (Å²) in [5, 5.41) is 6.82. The van der Waals surface area contributed by atoms with E-state index in [0.29, 0.717) is 13.1 Å². The molecular formula is C23H30F2N6S. The molecule has 172 valence electrons. The van der Waals surface area contributed by atoms with Crippen LogP contribution >= 0.6 is 11.3 Å². The molecule has 0 amide bonds. The fourth-order valence-electron chi connectivity index (χ4n) is 4.94. The van der Waals surface area contributed by atoms with Gasteiger partial charge in [0.15, 0.2) is 5.65 Å². The predicted molar refractivity (Wildman–Crippen MR) is 125 cm³/mol. The lowest BCUT2D eigenvalue weighted by molar-refractivity contribution is 0.0990. The molecule has 3 aromatic rings. The van der Waals surface area contributed by atoms with E-state index in [1.165, 1.54) is 32.1 Å². The minimum atomic E-state index is -2.28. The van der Waals surface area contributed by atoms with Gasteiger partial charge in [0.2, 0.25) is 0 Å². The highest BCUT2D eigenvalue weighted by atomic mass is 32.1. The van der Waals surface area contributed by atoms with Crippen LogP contribution in [0.4, 0.5) is 14.6 Å². The number of likely N-dealkylation sites (tertiary alicyclic amines) is 1. The van der Waals surface area contributed by atoms with Gasteiger partial charge in [-0.3, -0.25) is 4.90 Å². The summed E-state index contributed by atoms with van der Waals surface area (Å²) in [6.07, 6.45) is 6.84. The zero-order chi connectivity index (χ0) is 22.1. The lowest BCUT2D eigenvalue weighted by Gasteiger charge is -2.25. The Balaban J connectivity index is 1.37. The first-order chi connectivity index (χ1) is 15.6. The van der Waals surface area contributed by atoms with E-state index < -0.39 is 6.43 Å². The first-order valence-electron chi connectivity index (χ1n) is 11.6. The smallest absolute Gasteiger partial charge is 0.251 e. The number of alkyl halides is 2. The number of thiazole rings is 1. The van der Waals surface area contributed by atoms with Gasteiger partial charge in [-0.15, -0.1) is 11.3 Å². The Morgan fingerprint density at radius 1 is 1.09 bits per heavy atom. The van der Waals surface area contributed by atoms with Crippen LogP contribution in [0.3, 0.4) is 0 Å². The van der Waals surface area contributed by atoms with Crippen LogP contribution in [-0.4, -0.2) is 63.8 Å². The topological polar surface area (TPSA) is 50.1 Å². The summed E-state index contributed by atoms with van der Waals surface area (Å²) >= 11 is 1.63. The summed E-state index contributed by atoms with van der Waals surface area (Å²) in [5.74, 6) is 1.25. The molecule has 5 rings (SSSR count). The number of anilines is 1. The Labute approximate surface area is 191 Å². The first kappa shape index (κ1) is 21.7. The van der Waals surface area contributed by atoms with Crippen LogP contribution in [0.1, 0.15) is 49.5 Å². The van der Waals surface area contributed by atoms with Crippen molar-refractivity contribution in [2.45, 2.75) is 50.9 Å². The fourth-order valence-corrected chi connectivity index (χ4v) is 5.98. The number of fused-ring (bicyclic) bond motifs is 1. The SMILES string of the molecule is Cn1nc(-c2cnc(C3CCN(CC(F)F)C3)s2)c2ccc(N3CCCCCCC3)nc21. The maximum atomic E-state index is 12.7. The molecule has 9 heteroatoms. The largest absolute Gasteiger partial charge is 0.357 e. The van der Waals surface area contributed by atoms with Crippen molar-refractivity contribution < 1.29 is 8.78 Å². The third-order valence-corrected chi connectivity index (χ3v) is 7.79. The summed E-state index contributed by atoms with van der Waals surface area (Å²) in [4.78, 5) is 14.9. The Morgan fingerprint density at radius 2 is 1.88 bits per heavy atom. The zero-order valence-electron chi connectivity index (χ0n) is 18.5. The summed E-state index contributed by atoms with van der Waals surface area (Å²) in [7, 11) is 1.94. The third kappa shape index (κ3) is 4.50. The molecule has 0 aromatic carbocycles. The van der Waals surface area contributed by atoms with Crippen LogP contribution in [0.25, 0.3) is 21.6 Å². The molecule has 0 radical (unpaired) electrons. The Morgan fingerprint density at radius 3 is 2.66 bits per heavy atom. The Bertz CT molecular complexity index is 1060. The summed E-state index contributed by atoms with van der Waals surface area (Å²) in [5.41, 5.74) is 1.79. The first-order valence-corrected chi connectivity index (χ1v) is 12.5. The second-order valence-electron chi connectivity index (χ2n) is 8.97. The molecule has 0 aliphatic carbocycles. The van der Waals surface area contributed by atoms with Gasteiger partial charge in [-0.2, -0.15) is 5.10 Å². The number of aryl methyl sites for hydroxylation is 1. The molecule has 2 aliphatic rings. The quantitative estimate of drug-likeness (QED) is 0.541. The van der Waals surface area contributed by atoms with Crippen LogP contribution in [0.15, 0.2) is 18.3 Å². The average molecular weight is 461 g/mol.